The van der Waals surface area contributed by atoms with Gasteiger partial charge in [-0.05, 0) is 30.4 Å². The number of methoxy groups -OCH3 is 1. The molecule has 0 bridgehead atoms. The van der Waals surface area contributed by atoms with Crippen molar-refractivity contribution in [1.29, 1.82) is 0 Å². The zero-order chi connectivity index (χ0) is 14.4. The topological polar surface area (TPSA) is 49.8 Å². The van der Waals surface area contributed by atoms with Gasteiger partial charge in [0, 0.05) is 33.2 Å². The Morgan fingerprint density at radius 3 is 2.33 bits per heavy atom. The van der Waals surface area contributed by atoms with Crippen LogP contribution in [0.15, 0.2) is 24.3 Å². The van der Waals surface area contributed by atoms with Gasteiger partial charge in [0.15, 0.2) is 0 Å². The molecule has 1 heterocycles. The Morgan fingerprint density at radius 1 is 1.24 bits per heavy atom. The lowest BCUT2D eigenvalue weighted by Gasteiger charge is -2.31. The first-order chi connectivity index (χ1) is 9.67. The fourth-order valence-corrected chi connectivity index (χ4v) is 2.62. The van der Waals surface area contributed by atoms with Crippen molar-refractivity contribution in [2.24, 2.45) is 0 Å². The first-order valence-corrected chi connectivity index (χ1v) is 7.22. The molecule has 0 radical (unpaired) electrons. The molecule has 118 valence electrons. The molecule has 1 saturated heterocycles. The first-order valence-electron chi connectivity index (χ1n) is 7.22. The van der Waals surface area contributed by atoms with Crippen LogP contribution in [0, 0.1) is 0 Å². The van der Waals surface area contributed by atoms with Crippen LogP contribution < -0.4 is 0 Å². The number of carboxylic acids is 1. The number of ether oxygens (including phenoxy) is 1. The fraction of sp³-hybridized carbons (Fsp3) is 0.562. The van der Waals surface area contributed by atoms with E-state index in [2.05, 4.69) is 17.0 Å². The van der Waals surface area contributed by atoms with Crippen molar-refractivity contribution in [2.45, 2.75) is 38.3 Å². The summed E-state index contributed by atoms with van der Waals surface area (Å²) < 4.78 is 5.38. The minimum absolute atomic E-state index is 0. The maximum atomic E-state index is 10.5. The monoisotopic (exact) mass is 313 g/mol. The molecule has 1 aliphatic rings. The number of hydrogen-bond acceptors (Lipinski definition) is 3. The maximum absolute atomic E-state index is 10.5. The smallest absolute Gasteiger partial charge is 0.303 e. The van der Waals surface area contributed by atoms with Crippen LogP contribution in [0.5, 0.6) is 0 Å². The molecule has 0 aromatic heterocycles. The predicted molar refractivity (Wildman–Crippen MR) is 85.0 cm³/mol. The summed E-state index contributed by atoms with van der Waals surface area (Å²) in [6.45, 7) is 3.13. The highest BCUT2D eigenvalue weighted by molar-refractivity contribution is 5.85. The second-order valence-corrected chi connectivity index (χ2v) is 5.42. The third-order valence-corrected chi connectivity index (χ3v) is 3.92. The molecule has 4 nitrogen and oxygen atoms in total. The first kappa shape index (κ1) is 18.0. The van der Waals surface area contributed by atoms with E-state index in [4.69, 9.17) is 9.84 Å². The van der Waals surface area contributed by atoms with Gasteiger partial charge in [-0.2, -0.15) is 0 Å². The molecular formula is C16H24ClNO3. The summed E-state index contributed by atoms with van der Waals surface area (Å²) >= 11 is 0. The Balaban J connectivity index is 0.00000220. The summed E-state index contributed by atoms with van der Waals surface area (Å²) in [6.07, 6.45) is 3.43. The second-order valence-electron chi connectivity index (χ2n) is 5.42. The van der Waals surface area contributed by atoms with Crippen molar-refractivity contribution < 1.29 is 14.6 Å². The Morgan fingerprint density at radius 2 is 1.81 bits per heavy atom. The molecule has 5 heteroatoms. The molecule has 1 aromatic rings. The highest BCUT2D eigenvalue weighted by Crippen LogP contribution is 2.16. The number of hydrogen-bond donors (Lipinski definition) is 1. The predicted octanol–water partition coefficient (Wildman–Crippen LogP) is 2.74. The second kappa shape index (κ2) is 9.03. The van der Waals surface area contributed by atoms with Crippen molar-refractivity contribution in [2.75, 3.05) is 20.2 Å². The van der Waals surface area contributed by atoms with Crippen LogP contribution in [-0.2, 0) is 22.5 Å². The molecule has 0 unspecified atom stereocenters. The molecule has 0 spiro atoms. The summed E-state index contributed by atoms with van der Waals surface area (Å²) in [7, 11) is 1.79. The summed E-state index contributed by atoms with van der Waals surface area (Å²) in [5, 5.41) is 8.67. The molecule has 0 amide bonds. The number of carboxylic acid groups (broad SMARTS) is 1. The number of halogens is 1. The third-order valence-electron chi connectivity index (χ3n) is 3.92. The van der Waals surface area contributed by atoms with E-state index in [1.165, 1.54) is 5.56 Å². The van der Waals surface area contributed by atoms with Crippen LogP contribution >= 0.6 is 12.4 Å². The minimum atomic E-state index is -0.741. The van der Waals surface area contributed by atoms with Gasteiger partial charge in [-0.1, -0.05) is 24.3 Å². The van der Waals surface area contributed by atoms with Crippen LogP contribution in [0.1, 0.15) is 30.4 Å². The fourth-order valence-electron chi connectivity index (χ4n) is 2.62. The molecular weight excluding hydrogens is 290 g/mol. The number of piperidine rings is 1. The van der Waals surface area contributed by atoms with Crippen molar-refractivity contribution in [3.8, 4) is 0 Å². The zero-order valence-corrected chi connectivity index (χ0v) is 13.3. The van der Waals surface area contributed by atoms with Gasteiger partial charge >= 0.3 is 5.97 Å². The van der Waals surface area contributed by atoms with E-state index in [0.29, 0.717) is 12.5 Å². The third kappa shape index (κ3) is 6.04. The van der Waals surface area contributed by atoms with Crippen LogP contribution in [0.3, 0.4) is 0 Å². The summed E-state index contributed by atoms with van der Waals surface area (Å²) in [5.74, 6) is -0.741. The van der Waals surface area contributed by atoms with Gasteiger partial charge in [-0.3, -0.25) is 9.69 Å². The average molecular weight is 314 g/mol. The number of aliphatic carboxylic acids is 1. The van der Waals surface area contributed by atoms with Crippen molar-refractivity contribution >= 4 is 18.4 Å². The van der Waals surface area contributed by atoms with Gasteiger partial charge in [0.05, 0.1) is 6.10 Å². The van der Waals surface area contributed by atoms with Crippen LogP contribution in [0.4, 0.5) is 0 Å². The SMILES string of the molecule is COC1CCN(Cc2ccc(CCC(=O)O)cc2)CC1.Cl. The molecule has 0 aliphatic carbocycles. The molecule has 1 N–H and O–H groups in total. The van der Waals surface area contributed by atoms with Crippen molar-refractivity contribution in [1.82, 2.24) is 4.90 Å². The van der Waals surface area contributed by atoms with E-state index in [9.17, 15) is 4.79 Å². The lowest BCUT2D eigenvalue weighted by Crippen LogP contribution is -2.36. The Bertz CT molecular complexity index is 428. The lowest BCUT2D eigenvalue weighted by atomic mass is 10.0. The van der Waals surface area contributed by atoms with Gasteiger partial charge in [0.1, 0.15) is 0 Å². The summed E-state index contributed by atoms with van der Waals surface area (Å²) in [6, 6.07) is 8.31. The van der Waals surface area contributed by atoms with Crippen LogP contribution in [0.25, 0.3) is 0 Å². The molecule has 0 saturated carbocycles. The van der Waals surface area contributed by atoms with Gasteiger partial charge in [0.2, 0.25) is 0 Å². The molecule has 1 aromatic carbocycles. The highest BCUT2D eigenvalue weighted by Gasteiger charge is 2.18. The minimum Gasteiger partial charge on any atom is -0.481 e. The number of likely N-dealkylation sites (tertiary alicyclic amines) is 1. The number of aryl methyl sites for hydroxylation is 1. The quantitative estimate of drug-likeness (QED) is 0.877. The standard InChI is InChI=1S/C16H23NO3.ClH/c1-20-15-8-10-17(11-9-15)12-14-4-2-13(3-5-14)6-7-16(18)19;/h2-5,15H,6-12H2,1H3,(H,18,19);1H. The molecule has 1 fully saturated rings. The Labute approximate surface area is 132 Å². The number of benzene rings is 1. The molecule has 21 heavy (non-hydrogen) atoms. The van der Waals surface area contributed by atoms with Gasteiger partial charge in [-0.15, -0.1) is 12.4 Å². The molecule has 2 rings (SSSR count). The number of nitrogens with zero attached hydrogens (tertiary/aromatic N) is 1. The van der Waals surface area contributed by atoms with E-state index in [0.717, 1.165) is 38.0 Å². The molecule has 1 aliphatic heterocycles. The van der Waals surface area contributed by atoms with E-state index >= 15 is 0 Å². The van der Waals surface area contributed by atoms with E-state index < -0.39 is 5.97 Å². The summed E-state index contributed by atoms with van der Waals surface area (Å²) in [4.78, 5) is 13.0. The van der Waals surface area contributed by atoms with Crippen molar-refractivity contribution in [3.05, 3.63) is 35.4 Å². The average Bonchev–Trinajstić information content (AvgIpc) is 2.47. The largest absolute Gasteiger partial charge is 0.481 e. The number of carbonyl (C=O) groups is 1. The Kier molecular flexibility index (Phi) is 7.72. The maximum Gasteiger partial charge on any atom is 0.303 e. The summed E-state index contributed by atoms with van der Waals surface area (Å²) in [5.41, 5.74) is 2.38. The number of rotatable bonds is 6. The van der Waals surface area contributed by atoms with Gasteiger partial charge in [0.25, 0.3) is 0 Å². The van der Waals surface area contributed by atoms with Gasteiger partial charge < -0.3 is 9.84 Å². The normalized spacial score (nSPS) is 16.4. The van der Waals surface area contributed by atoms with E-state index in [-0.39, 0.29) is 18.8 Å². The highest BCUT2D eigenvalue weighted by atomic mass is 35.5. The Hall–Kier alpha value is -1.10. The lowest BCUT2D eigenvalue weighted by molar-refractivity contribution is -0.136. The van der Waals surface area contributed by atoms with E-state index in [1.807, 2.05) is 12.1 Å². The van der Waals surface area contributed by atoms with Gasteiger partial charge in [-0.25, -0.2) is 0 Å². The molecule has 0 atom stereocenters. The van der Waals surface area contributed by atoms with Crippen molar-refractivity contribution in [3.63, 3.8) is 0 Å². The zero-order valence-electron chi connectivity index (χ0n) is 12.5. The van der Waals surface area contributed by atoms with Crippen LogP contribution in [0.2, 0.25) is 0 Å². The van der Waals surface area contributed by atoms with E-state index in [1.54, 1.807) is 7.11 Å². The van der Waals surface area contributed by atoms with Crippen LogP contribution in [-0.4, -0.2) is 42.3 Å².